The van der Waals surface area contributed by atoms with Crippen molar-refractivity contribution >= 4 is 53.3 Å². The van der Waals surface area contributed by atoms with Crippen molar-refractivity contribution < 1.29 is 0 Å². The number of rotatable bonds is 7. The van der Waals surface area contributed by atoms with Gasteiger partial charge in [0.2, 0.25) is 0 Å². The molecule has 0 N–H and O–H groups in total. The fourth-order valence-electron chi connectivity index (χ4n) is 8.95. The lowest BCUT2D eigenvalue weighted by Gasteiger charge is -2.17. The molecule has 0 fully saturated rings. The van der Waals surface area contributed by atoms with Crippen LogP contribution in [-0.4, -0.2) is 19.5 Å². The van der Waals surface area contributed by atoms with Crippen LogP contribution in [0.15, 0.2) is 218 Å². The Morgan fingerprint density at radius 2 is 0.823 bits per heavy atom. The quantitative estimate of drug-likeness (QED) is 0.161. The van der Waals surface area contributed by atoms with Crippen molar-refractivity contribution in [2.24, 2.45) is 0 Å². The van der Waals surface area contributed by atoms with E-state index in [-0.39, 0.29) is 0 Å². The number of thiophene rings is 1. The predicted octanol–water partition coefficient (Wildman–Crippen LogP) is 15.3. The second kappa shape index (κ2) is 14.9. The molecule has 0 radical (unpaired) electrons. The van der Waals surface area contributed by atoms with Gasteiger partial charge in [-0.2, -0.15) is 0 Å². The molecule has 0 saturated carbocycles. The molecule has 0 aliphatic carbocycles. The molecule has 0 amide bonds. The summed E-state index contributed by atoms with van der Waals surface area (Å²) in [6, 6.07) is 77.5. The zero-order chi connectivity index (χ0) is 41.0. The van der Waals surface area contributed by atoms with Gasteiger partial charge in [-0.05, 0) is 63.7 Å². The van der Waals surface area contributed by atoms with Crippen LogP contribution in [0.2, 0.25) is 0 Å². The molecule has 0 saturated heterocycles. The summed E-state index contributed by atoms with van der Waals surface area (Å²) in [5.41, 5.74) is 12.9. The van der Waals surface area contributed by atoms with Gasteiger partial charge < -0.3 is 4.57 Å². The highest BCUT2D eigenvalue weighted by molar-refractivity contribution is 7.26. The Morgan fingerprint density at radius 1 is 0.323 bits per heavy atom. The third-order valence-corrected chi connectivity index (χ3v) is 13.1. The van der Waals surface area contributed by atoms with Crippen LogP contribution in [0.3, 0.4) is 0 Å². The van der Waals surface area contributed by atoms with Gasteiger partial charge in [-0.3, -0.25) is 0 Å². The van der Waals surface area contributed by atoms with Gasteiger partial charge in [0, 0.05) is 42.9 Å². The highest BCUT2D eigenvalue weighted by Gasteiger charge is 2.23. The molecule has 0 aliphatic heterocycles. The van der Waals surface area contributed by atoms with Gasteiger partial charge >= 0.3 is 0 Å². The summed E-state index contributed by atoms with van der Waals surface area (Å²) in [6.45, 7) is 0. The van der Waals surface area contributed by atoms with Crippen LogP contribution in [0, 0.1) is 0 Å². The topological polar surface area (TPSA) is 43.6 Å². The highest BCUT2D eigenvalue weighted by atomic mass is 32.1. The molecule has 0 unspecified atom stereocenters. The molecule has 0 atom stereocenters. The summed E-state index contributed by atoms with van der Waals surface area (Å²) in [5.74, 6) is 1.85. The Kier molecular flexibility index (Phi) is 8.65. The average Bonchev–Trinajstić information content (AvgIpc) is 3.91. The summed E-state index contributed by atoms with van der Waals surface area (Å²) in [7, 11) is 0. The van der Waals surface area contributed by atoms with Gasteiger partial charge in [-0.15, -0.1) is 11.3 Å². The monoisotopic (exact) mass is 808 g/mol. The van der Waals surface area contributed by atoms with Crippen LogP contribution >= 0.6 is 11.3 Å². The summed E-state index contributed by atoms with van der Waals surface area (Å²) >= 11 is 1.85. The fraction of sp³-hybridized carbons (Fsp3) is 0. The summed E-state index contributed by atoms with van der Waals surface area (Å²) < 4.78 is 4.97. The van der Waals surface area contributed by atoms with Crippen molar-refractivity contribution in [2.45, 2.75) is 0 Å². The van der Waals surface area contributed by atoms with Crippen LogP contribution in [-0.2, 0) is 0 Å². The maximum Gasteiger partial charge on any atom is 0.166 e. The molecule has 0 spiro atoms. The SMILES string of the molecule is c1ccc(-c2nc(-c3ccccc3)nc(-c3cc(-c4ccc(-c5ccccc5)c(-c5ccccc5)c4)ccc3-n3c4ccccc4c4ccc5c6ccccc6sc5c43)n2)cc1. The predicted molar refractivity (Wildman–Crippen MR) is 260 cm³/mol. The second-order valence-electron chi connectivity index (χ2n) is 15.6. The minimum atomic E-state index is 0.605. The second-order valence-corrected chi connectivity index (χ2v) is 16.6. The summed E-state index contributed by atoms with van der Waals surface area (Å²) in [4.78, 5) is 15.8. The third kappa shape index (κ3) is 6.09. The van der Waals surface area contributed by atoms with Crippen molar-refractivity contribution in [1.82, 2.24) is 19.5 Å². The number of aromatic nitrogens is 4. The van der Waals surface area contributed by atoms with E-state index in [9.17, 15) is 0 Å². The van der Waals surface area contributed by atoms with Gasteiger partial charge in [0.05, 0.1) is 21.4 Å². The first-order valence-corrected chi connectivity index (χ1v) is 21.7. The molecule has 4 nitrogen and oxygen atoms in total. The Morgan fingerprint density at radius 3 is 1.48 bits per heavy atom. The Labute approximate surface area is 362 Å². The van der Waals surface area contributed by atoms with E-state index in [4.69, 9.17) is 15.0 Å². The number of fused-ring (bicyclic) bond motifs is 7. The van der Waals surface area contributed by atoms with E-state index in [0.717, 1.165) is 39.0 Å². The molecule has 290 valence electrons. The van der Waals surface area contributed by atoms with Gasteiger partial charge in [0.15, 0.2) is 17.5 Å². The van der Waals surface area contributed by atoms with Gasteiger partial charge in [0.25, 0.3) is 0 Å². The molecular weight excluding hydrogens is 773 g/mol. The van der Waals surface area contributed by atoms with E-state index < -0.39 is 0 Å². The maximum absolute atomic E-state index is 5.35. The molecule has 9 aromatic carbocycles. The molecular formula is C57H36N4S. The summed E-state index contributed by atoms with van der Waals surface area (Å²) in [6.07, 6.45) is 0. The first-order valence-electron chi connectivity index (χ1n) is 20.9. The van der Waals surface area contributed by atoms with Gasteiger partial charge in [-0.1, -0.05) is 188 Å². The molecule has 12 rings (SSSR count). The maximum atomic E-state index is 5.35. The molecule has 5 heteroatoms. The average molecular weight is 809 g/mol. The number of benzene rings is 9. The first-order chi connectivity index (χ1) is 30.7. The standard InChI is InChI=1S/C57H36N4S/c1-5-17-37(18-6-1)43-31-29-41(35-48(43)38-19-7-2-8-20-38)42-30-34-51(49(36-42)57-59-55(39-21-9-3-10-22-39)58-56(60-57)40-23-11-4-12-24-40)61-50-27-15-13-25-44(50)46-32-33-47-45-26-14-16-28-52(45)62-54(47)53(46)61/h1-36H. The smallest absolute Gasteiger partial charge is 0.166 e. The molecule has 0 aliphatic rings. The lowest BCUT2D eigenvalue weighted by atomic mass is 9.90. The zero-order valence-electron chi connectivity index (χ0n) is 33.5. The Balaban J connectivity index is 1.17. The normalized spacial score (nSPS) is 11.5. The number of hydrogen-bond donors (Lipinski definition) is 0. The van der Waals surface area contributed by atoms with Crippen molar-refractivity contribution in [3.05, 3.63) is 218 Å². The molecule has 0 bridgehead atoms. The fourth-order valence-corrected chi connectivity index (χ4v) is 10.2. The van der Waals surface area contributed by atoms with E-state index in [1.807, 2.05) is 47.7 Å². The minimum Gasteiger partial charge on any atom is -0.307 e. The molecule has 62 heavy (non-hydrogen) atoms. The Hall–Kier alpha value is -7.99. The van der Waals surface area contributed by atoms with Crippen molar-refractivity contribution in [3.8, 4) is 73.2 Å². The lowest BCUT2D eigenvalue weighted by Crippen LogP contribution is -2.04. The van der Waals surface area contributed by atoms with Crippen LogP contribution < -0.4 is 0 Å². The van der Waals surface area contributed by atoms with Crippen molar-refractivity contribution in [1.29, 1.82) is 0 Å². The van der Waals surface area contributed by atoms with Crippen LogP contribution in [0.25, 0.3) is 115 Å². The lowest BCUT2D eigenvalue weighted by molar-refractivity contribution is 1.06. The molecule has 12 aromatic rings. The number of hydrogen-bond acceptors (Lipinski definition) is 4. The van der Waals surface area contributed by atoms with E-state index in [1.165, 1.54) is 58.7 Å². The molecule has 3 aromatic heterocycles. The highest BCUT2D eigenvalue weighted by Crippen LogP contribution is 2.45. The van der Waals surface area contributed by atoms with Crippen LogP contribution in [0.4, 0.5) is 0 Å². The Bertz CT molecular complexity index is 3560. The number of para-hydroxylation sites is 1. The van der Waals surface area contributed by atoms with E-state index in [0.29, 0.717) is 17.5 Å². The zero-order valence-corrected chi connectivity index (χ0v) is 34.3. The van der Waals surface area contributed by atoms with Gasteiger partial charge in [0.1, 0.15) is 0 Å². The van der Waals surface area contributed by atoms with E-state index >= 15 is 0 Å². The summed E-state index contributed by atoms with van der Waals surface area (Å²) in [5, 5.41) is 4.94. The van der Waals surface area contributed by atoms with Crippen molar-refractivity contribution in [3.63, 3.8) is 0 Å². The van der Waals surface area contributed by atoms with Crippen LogP contribution in [0.5, 0.6) is 0 Å². The number of nitrogens with zero attached hydrogens (tertiary/aromatic N) is 4. The minimum absolute atomic E-state index is 0.605. The molecule has 3 heterocycles. The largest absolute Gasteiger partial charge is 0.307 e. The third-order valence-electron chi connectivity index (χ3n) is 11.9. The van der Waals surface area contributed by atoms with E-state index in [1.54, 1.807) is 0 Å². The van der Waals surface area contributed by atoms with Crippen molar-refractivity contribution in [2.75, 3.05) is 0 Å². The van der Waals surface area contributed by atoms with Gasteiger partial charge in [-0.25, -0.2) is 15.0 Å². The van der Waals surface area contributed by atoms with E-state index in [2.05, 4.69) is 187 Å². The van der Waals surface area contributed by atoms with Crippen LogP contribution in [0.1, 0.15) is 0 Å². The first kappa shape index (κ1) is 35.9.